The lowest BCUT2D eigenvalue weighted by Crippen LogP contribution is -2.50. The van der Waals surface area contributed by atoms with Crippen molar-refractivity contribution in [2.45, 2.75) is 19.4 Å². The summed E-state index contributed by atoms with van der Waals surface area (Å²) in [6.07, 6.45) is 0.223. The van der Waals surface area contributed by atoms with Gasteiger partial charge in [0, 0.05) is 45.2 Å². The lowest BCUT2D eigenvalue weighted by molar-refractivity contribution is -0.384. The molecule has 3 aromatic rings. The quantitative estimate of drug-likeness (QED) is 0.270. The number of nitro benzene ring substituents is 1. The second-order valence-electron chi connectivity index (χ2n) is 8.01. The highest BCUT2D eigenvalue weighted by Crippen LogP contribution is 2.21. The number of aryl methyl sites for hydroxylation is 1. The van der Waals surface area contributed by atoms with Gasteiger partial charge in [-0.3, -0.25) is 24.3 Å². The van der Waals surface area contributed by atoms with Crippen LogP contribution in [-0.2, 0) is 20.9 Å². The number of hydrogen-bond donors (Lipinski definition) is 0. The standard InChI is InChI=1S/C23H23FN4O7/c24-17-4-1-2-5-18(17)25-10-12-26(13-11-25)21(29)15-34-22(30)6-3-9-27-19-8-7-16(28(32)33)14-20(19)35-23(27)31/h1-2,4-5,7-8,14H,3,6,9-13,15H2. The first-order valence-electron chi connectivity index (χ1n) is 11.0. The number of carbonyl (C=O) groups excluding carboxylic acids is 2. The van der Waals surface area contributed by atoms with Crippen LogP contribution in [0.15, 0.2) is 51.7 Å². The van der Waals surface area contributed by atoms with Crippen LogP contribution in [0.2, 0.25) is 0 Å². The van der Waals surface area contributed by atoms with Gasteiger partial charge in [-0.15, -0.1) is 0 Å². The molecule has 2 aromatic carbocycles. The number of anilines is 1. The number of hydrogen-bond acceptors (Lipinski definition) is 8. The number of halogens is 1. The van der Waals surface area contributed by atoms with Crippen LogP contribution >= 0.6 is 0 Å². The molecule has 0 saturated carbocycles. The van der Waals surface area contributed by atoms with Crippen LogP contribution in [0.1, 0.15) is 12.8 Å². The average molecular weight is 486 g/mol. The molecule has 0 aliphatic carbocycles. The fraction of sp³-hybridized carbons (Fsp3) is 0.348. The maximum atomic E-state index is 13.9. The van der Waals surface area contributed by atoms with Gasteiger partial charge in [-0.1, -0.05) is 12.1 Å². The highest BCUT2D eigenvalue weighted by Gasteiger charge is 2.23. The van der Waals surface area contributed by atoms with E-state index >= 15 is 0 Å². The second kappa shape index (κ2) is 10.4. The lowest BCUT2D eigenvalue weighted by Gasteiger charge is -2.36. The third-order valence-electron chi connectivity index (χ3n) is 5.81. The van der Waals surface area contributed by atoms with E-state index < -0.39 is 23.3 Å². The summed E-state index contributed by atoms with van der Waals surface area (Å²) >= 11 is 0. The zero-order valence-electron chi connectivity index (χ0n) is 18.7. The van der Waals surface area contributed by atoms with Gasteiger partial charge in [0.15, 0.2) is 12.2 Å². The van der Waals surface area contributed by atoms with Crippen molar-refractivity contribution in [3.05, 3.63) is 68.9 Å². The van der Waals surface area contributed by atoms with Crippen molar-refractivity contribution < 1.29 is 28.1 Å². The molecule has 0 radical (unpaired) electrons. The predicted octanol–water partition coefficient (Wildman–Crippen LogP) is 2.31. The van der Waals surface area contributed by atoms with Crippen LogP contribution in [-0.4, -0.2) is 59.1 Å². The molecule has 2 heterocycles. The van der Waals surface area contributed by atoms with E-state index in [4.69, 9.17) is 9.15 Å². The van der Waals surface area contributed by atoms with Crippen LogP contribution in [0.3, 0.4) is 0 Å². The van der Waals surface area contributed by atoms with E-state index in [9.17, 15) is 28.9 Å². The van der Waals surface area contributed by atoms with E-state index in [1.54, 1.807) is 23.1 Å². The molecule has 12 heteroatoms. The molecule has 11 nitrogen and oxygen atoms in total. The summed E-state index contributed by atoms with van der Waals surface area (Å²) in [5.74, 6) is -1.91. The third kappa shape index (κ3) is 5.48. The summed E-state index contributed by atoms with van der Waals surface area (Å²) in [5.41, 5.74) is 0.778. The largest absolute Gasteiger partial charge is 0.456 e. The van der Waals surface area contributed by atoms with Gasteiger partial charge in [0.2, 0.25) is 0 Å². The molecule has 0 atom stereocenters. The van der Waals surface area contributed by atoms with Gasteiger partial charge in [0.1, 0.15) is 5.82 Å². The number of carbonyl (C=O) groups is 2. The van der Waals surface area contributed by atoms with E-state index in [0.29, 0.717) is 37.4 Å². The first kappa shape index (κ1) is 23.9. The Morgan fingerprint density at radius 1 is 1.11 bits per heavy atom. The summed E-state index contributed by atoms with van der Waals surface area (Å²) in [6.45, 7) is 1.47. The fourth-order valence-corrected chi connectivity index (χ4v) is 3.97. The fourth-order valence-electron chi connectivity index (χ4n) is 3.97. The van der Waals surface area contributed by atoms with Crippen LogP contribution in [0.4, 0.5) is 15.8 Å². The molecule has 1 amide bonds. The maximum absolute atomic E-state index is 13.9. The van der Waals surface area contributed by atoms with Gasteiger partial charge in [0.25, 0.3) is 11.6 Å². The predicted molar refractivity (Wildman–Crippen MR) is 123 cm³/mol. The van der Waals surface area contributed by atoms with Crippen molar-refractivity contribution in [2.75, 3.05) is 37.7 Å². The number of oxazole rings is 1. The number of non-ortho nitro benzene ring substituents is 1. The molecule has 1 aliphatic heterocycles. The molecule has 4 rings (SSSR count). The Morgan fingerprint density at radius 3 is 2.57 bits per heavy atom. The zero-order chi connectivity index (χ0) is 24.9. The number of para-hydroxylation sites is 1. The van der Waals surface area contributed by atoms with Crippen LogP contribution in [0, 0.1) is 15.9 Å². The van der Waals surface area contributed by atoms with E-state index in [0.717, 1.165) is 0 Å². The zero-order valence-corrected chi connectivity index (χ0v) is 18.7. The van der Waals surface area contributed by atoms with Crippen LogP contribution in [0.5, 0.6) is 0 Å². The van der Waals surface area contributed by atoms with Gasteiger partial charge in [-0.25, -0.2) is 9.18 Å². The summed E-state index contributed by atoms with van der Waals surface area (Å²) in [7, 11) is 0. The minimum Gasteiger partial charge on any atom is -0.456 e. The Labute approximate surface area is 198 Å². The summed E-state index contributed by atoms with van der Waals surface area (Å²) in [6, 6.07) is 10.3. The van der Waals surface area contributed by atoms with Crippen molar-refractivity contribution in [1.82, 2.24) is 9.47 Å². The number of rotatable bonds is 8. The summed E-state index contributed by atoms with van der Waals surface area (Å²) in [4.78, 5) is 50.2. The van der Waals surface area contributed by atoms with Gasteiger partial charge in [-0.05, 0) is 24.6 Å². The van der Waals surface area contributed by atoms with Crippen molar-refractivity contribution in [3.8, 4) is 0 Å². The van der Waals surface area contributed by atoms with Gasteiger partial charge in [-0.2, -0.15) is 0 Å². The molecular weight excluding hydrogens is 463 g/mol. The van der Waals surface area contributed by atoms with Crippen molar-refractivity contribution >= 4 is 34.4 Å². The maximum Gasteiger partial charge on any atom is 0.419 e. The van der Waals surface area contributed by atoms with Gasteiger partial charge >= 0.3 is 11.7 Å². The minimum atomic E-state index is -0.682. The van der Waals surface area contributed by atoms with E-state index in [2.05, 4.69) is 0 Å². The van der Waals surface area contributed by atoms with Crippen molar-refractivity contribution in [2.24, 2.45) is 0 Å². The molecule has 0 bridgehead atoms. The number of aromatic nitrogens is 1. The monoisotopic (exact) mass is 486 g/mol. The normalized spacial score (nSPS) is 13.7. The Morgan fingerprint density at radius 2 is 1.86 bits per heavy atom. The van der Waals surface area contributed by atoms with Gasteiger partial charge in [0.05, 0.1) is 22.2 Å². The smallest absolute Gasteiger partial charge is 0.419 e. The summed E-state index contributed by atoms with van der Waals surface area (Å²) < 4.78 is 25.4. The molecule has 0 N–H and O–H groups in total. The number of fused-ring (bicyclic) bond motifs is 1. The van der Waals surface area contributed by atoms with Crippen LogP contribution in [0.25, 0.3) is 11.1 Å². The number of benzene rings is 2. The topological polar surface area (TPSA) is 128 Å². The van der Waals surface area contributed by atoms with Crippen molar-refractivity contribution in [1.29, 1.82) is 0 Å². The molecule has 0 spiro atoms. The Bertz CT molecular complexity index is 1310. The van der Waals surface area contributed by atoms with Crippen LogP contribution < -0.4 is 10.7 Å². The number of nitro groups is 1. The summed E-state index contributed by atoms with van der Waals surface area (Å²) in [5, 5.41) is 10.9. The van der Waals surface area contributed by atoms with E-state index in [1.165, 1.54) is 28.8 Å². The molecule has 1 aromatic heterocycles. The Kier molecular flexibility index (Phi) is 7.09. The SMILES string of the molecule is O=C(CCCn1c(=O)oc2cc([N+](=O)[O-])ccc21)OCC(=O)N1CCN(c2ccccc2F)CC1. The molecule has 0 unspecified atom stereocenters. The highest BCUT2D eigenvalue weighted by atomic mass is 19.1. The Balaban J connectivity index is 1.21. The number of ether oxygens (including phenoxy) is 1. The molecule has 35 heavy (non-hydrogen) atoms. The van der Waals surface area contributed by atoms with Crippen molar-refractivity contribution in [3.63, 3.8) is 0 Å². The number of piperazine rings is 1. The lowest BCUT2D eigenvalue weighted by atomic mass is 10.2. The molecule has 184 valence electrons. The Hall–Kier alpha value is -4.22. The molecule has 1 fully saturated rings. The number of esters is 1. The minimum absolute atomic E-state index is 0.0273. The molecular formula is C23H23FN4O7. The first-order chi connectivity index (χ1) is 16.8. The van der Waals surface area contributed by atoms with E-state index in [-0.39, 0.29) is 42.4 Å². The number of nitrogens with zero attached hydrogens (tertiary/aromatic N) is 4. The van der Waals surface area contributed by atoms with Gasteiger partial charge < -0.3 is 19.0 Å². The molecule has 1 aliphatic rings. The first-order valence-corrected chi connectivity index (χ1v) is 11.0. The third-order valence-corrected chi connectivity index (χ3v) is 5.81. The second-order valence-corrected chi connectivity index (χ2v) is 8.01. The average Bonchev–Trinajstić information content (AvgIpc) is 3.17. The van der Waals surface area contributed by atoms with E-state index in [1.807, 2.05) is 4.90 Å². The number of amides is 1. The molecule has 1 saturated heterocycles. The highest BCUT2D eigenvalue weighted by molar-refractivity contribution is 5.81.